The number of nitro groups is 1. The maximum atomic E-state index is 11.5. The number of nitrogens with zero attached hydrogens (tertiary/aromatic N) is 1. The third kappa shape index (κ3) is 5.78. The lowest BCUT2D eigenvalue weighted by molar-refractivity contribution is -0.384. The zero-order chi connectivity index (χ0) is 15.7. The second-order valence-electron chi connectivity index (χ2n) is 4.03. The van der Waals surface area contributed by atoms with Crippen LogP contribution in [0.25, 0.3) is 0 Å². The first kappa shape index (κ1) is 16.9. The van der Waals surface area contributed by atoms with Crippen LogP contribution >= 0.6 is 0 Å². The molecule has 21 heavy (non-hydrogen) atoms. The zero-order valence-electron chi connectivity index (χ0n) is 12.1. The minimum Gasteiger partial charge on any atom is -0.430 e. The van der Waals surface area contributed by atoms with E-state index in [9.17, 15) is 14.9 Å². The maximum absolute atomic E-state index is 11.5. The molecule has 1 aliphatic rings. The van der Waals surface area contributed by atoms with Crippen LogP contribution in [0.3, 0.4) is 0 Å². The van der Waals surface area contributed by atoms with Crippen LogP contribution in [-0.4, -0.2) is 30.4 Å². The van der Waals surface area contributed by atoms with Crippen molar-refractivity contribution in [2.75, 3.05) is 13.2 Å². The average molecular weight is 297 g/mol. The quantitative estimate of drug-likeness (QED) is 0.368. The van der Waals surface area contributed by atoms with E-state index in [0.717, 1.165) is 0 Å². The third-order valence-corrected chi connectivity index (χ3v) is 2.68. The summed E-state index contributed by atoms with van der Waals surface area (Å²) < 4.78 is 15.2. The number of hydrogen-bond acceptors (Lipinski definition) is 6. The monoisotopic (exact) mass is 297 g/mol. The lowest BCUT2D eigenvalue weighted by atomic mass is 10.2. The second-order valence-corrected chi connectivity index (χ2v) is 4.03. The second kappa shape index (κ2) is 8.91. The standard InChI is InChI=1S/C12H13NO6.C2H6/c14-12(19-11-5-7-17-8-6-11)18-10-3-1-9(2-4-10)13(15)16;1-2/h1-4,11H,5-8H2;1-2H3. The van der Waals surface area contributed by atoms with Gasteiger partial charge in [0.1, 0.15) is 11.9 Å². The van der Waals surface area contributed by atoms with E-state index >= 15 is 0 Å². The molecule has 0 bridgehead atoms. The molecular formula is C14H19NO6. The minimum atomic E-state index is -0.805. The third-order valence-electron chi connectivity index (χ3n) is 2.68. The van der Waals surface area contributed by atoms with Crippen molar-refractivity contribution >= 4 is 11.8 Å². The van der Waals surface area contributed by atoms with Crippen molar-refractivity contribution in [2.24, 2.45) is 0 Å². The van der Waals surface area contributed by atoms with E-state index in [0.29, 0.717) is 26.1 Å². The zero-order valence-corrected chi connectivity index (χ0v) is 12.1. The number of hydrogen-bond donors (Lipinski definition) is 0. The van der Waals surface area contributed by atoms with Gasteiger partial charge in [-0.15, -0.1) is 0 Å². The van der Waals surface area contributed by atoms with Gasteiger partial charge in [-0.1, -0.05) is 13.8 Å². The van der Waals surface area contributed by atoms with Crippen molar-refractivity contribution in [3.8, 4) is 5.75 Å². The van der Waals surface area contributed by atoms with Gasteiger partial charge in [-0.2, -0.15) is 0 Å². The van der Waals surface area contributed by atoms with Crippen LogP contribution < -0.4 is 4.74 Å². The molecule has 0 spiro atoms. The van der Waals surface area contributed by atoms with Gasteiger partial charge in [-0.3, -0.25) is 10.1 Å². The van der Waals surface area contributed by atoms with Crippen LogP contribution in [0.5, 0.6) is 5.75 Å². The van der Waals surface area contributed by atoms with Crippen LogP contribution in [0.1, 0.15) is 26.7 Å². The van der Waals surface area contributed by atoms with Crippen molar-refractivity contribution in [3.63, 3.8) is 0 Å². The summed E-state index contributed by atoms with van der Waals surface area (Å²) in [4.78, 5) is 21.4. The topological polar surface area (TPSA) is 87.9 Å². The summed E-state index contributed by atoms with van der Waals surface area (Å²) in [6, 6.07) is 5.22. The van der Waals surface area contributed by atoms with E-state index in [2.05, 4.69) is 0 Å². The van der Waals surface area contributed by atoms with E-state index in [1.165, 1.54) is 24.3 Å². The fourth-order valence-corrected chi connectivity index (χ4v) is 1.69. The summed E-state index contributed by atoms with van der Waals surface area (Å²) >= 11 is 0. The van der Waals surface area contributed by atoms with Gasteiger partial charge in [0.25, 0.3) is 5.69 Å². The Kier molecular flexibility index (Phi) is 7.17. The molecule has 7 nitrogen and oxygen atoms in total. The van der Waals surface area contributed by atoms with Gasteiger partial charge in [0.15, 0.2) is 0 Å². The highest BCUT2D eigenvalue weighted by atomic mass is 16.7. The Balaban J connectivity index is 0.00000106. The van der Waals surface area contributed by atoms with Crippen LogP contribution in [0.15, 0.2) is 24.3 Å². The van der Waals surface area contributed by atoms with Gasteiger partial charge in [0.05, 0.1) is 18.1 Å². The molecule has 0 N–H and O–H groups in total. The molecule has 0 unspecified atom stereocenters. The molecule has 7 heteroatoms. The van der Waals surface area contributed by atoms with Crippen molar-refractivity contribution in [3.05, 3.63) is 34.4 Å². The molecule has 0 saturated carbocycles. The summed E-state index contributed by atoms with van der Waals surface area (Å²) in [5, 5.41) is 10.5. The van der Waals surface area contributed by atoms with Crippen molar-refractivity contribution in [1.82, 2.24) is 0 Å². The molecule has 1 aromatic carbocycles. The predicted octanol–water partition coefficient (Wildman–Crippen LogP) is 3.32. The Labute approximate surface area is 123 Å². The lowest BCUT2D eigenvalue weighted by Crippen LogP contribution is -2.27. The van der Waals surface area contributed by atoms with Crippen LogP contribution in [0.2, 0.25) is 0 Å². The Morgan fingerprint density at radius 1 is 1.24 bits per heavy atom. The van der Waals surface area contributed by atoms with Gasteiger partial charge < -0.3 is 14.2 Å². The summed E-state index contributed by atoms with van der Waals surface area (Å²) in [5.74, 6) is 0.211. The number of non-ortho nitro benzene ring substituents is 1. The average Bonchev–Trinajstić information content (AvgIpc) is 2.50. The molecule has 0 amide bonds. The van der Waals surface area contributed by atoms with Gasteiger partial charge in [0, 0.05) is 25.0 Å². The van der Waals surface area contributed by atoms with Gasteiger partial charge in [0.2, 0.25) is 0 Å². The fourth-order valence-electron chi connectivity index (χ4n) is 1.69. The summed E-state index contributed by atoms with van der Waals surface area (Å²) in [5.41, 5.74) is -0.0647. The van der Waals surface area contributed by atoms with Crippen molar-refractivity contribution in [1.29, 1.82) is 0 Å². The number of ether oxygens (including phenoxy) is 3. The van der Waals surface area contributed by atoms with Gasteiger partial charge in [-0.25, -0.2) is 4.79 Å². The smallest absolute Gasteiger partial charge is 0.430 e. The first-order valence-electron chi connectivity index (χ1n) is 6.86. The predicted molar refractivity (Wildman–Crippen MR) is 75.4 cm³/mol. The number of rotatable bonds is 3. The first-order valence-corrected chi connectivity index (χ1v) is 6.86. The highest BCUT2D eigenvalue weighted by molar-refractivity contribution is 5.64. The molecular weight excluding hydrogens is 278 g/mol. The number of carbonyl (C=O) groups is 1. The highest BCUT2D eigenvalue weighted by Gasteiger charge is 2.19. The summed E-state index contributed by atoms with van der Waals surface area (Å²) in [6.45, 7) is 5.13. The molecule has 0 radical (unpaired) electrons. The van der Waals surface area contributed by atoms with Crippen LogP contribution in [-0.2, 0) is 9.47 Å². The number of carbonyl (C=O) groups excluding carboxylic acids is 1. The van der Waals surface area contributed by atoms with E-state index in [4.69, 9.17) is 14.2 Å². The molecule has 0 atom stereocenters. The number of nitro benzene ring substituents is 1. The number of benzene rings is 1. The molecule has 1 aromatic rings. The molecule has 116 valence electrons. The molecule has 1 fully saturated rings. The van der Waals surface area contributed by atoms with Gasteiger partial charge in [-0.05, 0) is 12.1 Å². The maximum Gasteiger partial charge on any atom is 0.514 e. The Hall–Kier alpha value is -2.15. The lowest BCUT2D eigenvalue weighted by Gasteiger charge is -2.21. The van der Waals surface area contributed by atoms with E-state index in [1.54, 1.807) is 0 Å². The SMILES string of the molecule is CC.O=C(Oc1ccc([N+](=O)[O-])cc1)OC1CCOCC1. The highest BCUT2D eigenvalue weighted by Crippen LogP contribution is 2.18. The van der Waals surface area contributed by atoms with Crippen LogP contribution in [0, 0.1) is 10.1 Å². The van der Waals surface area contributed by atoms with Crippen molar-refractivity contribution in [2.45, 2.75) is 32.8 Å². The van der Waals surface area contributed by atoms with E-state index in [1.807, 2.05) is 13.8 Å². The minimum absolute atomic E-state index is 0.0647. The molecule has 1 saturated heterocycles. The Morgan fingerprint density at radius 2 is 1.81 bits per heavy atom. The molecule has 1 heterocycles. The summed E-state index contributed by atoms with van der Waals surface area (Å²) in [6.07, 6.45) is 0.296. The molecule has 1 aliphatic heterocycles. The largest absolute Gasteiger partial charge is 0.514 e. The molecule has 0 aromatic heterocycles. The van der Waals surface area contributed by atoms with Gasteiger partial charge >= 0.3 is 6.16 Å². The molecule has 2 rings (SSSR count). The normalized spacial score (nSPS) is 14.6. The van der Waals surface area contributed by atoms with E-state index in [-0.39, 0.29) is 17.5 Å². The van der Waals surface area contributed by atoms with Crippen LogP contribution in [0.4, 0.5) is 10.5 Å². The van der Waals surface area contributed by atoms with Crippen molar-refractivity contribution < 1.29 is 23.9 Å². The van der Waals surface area contributed by atoms with E-state index < -0.39 is 11.1 Å². The summed E-state index contributed by atoms with van der Waals surface area (Å²) in [7, 11) is 0. The fraction of sp³-hybridized carbons (Fsp3) is 0.500. The first-order chi connectivity index (χ1) is 10.1. The molecule has 0 aliphatic carbocycles. The Morgan fingerprint density at radius 3 is 2.33 bits per heavy atom. The Bertz CT molecular complexity index is 453.